The van der Waals surface area contributed by atoms with E-state index in [1.54, 1.807) is 0 Å². The van der Waals surface area contributed by atoms with Crippen LogP contribution in [0.3, 0.4) is 0 Å². The average Bonchev–Trinajstić information content (AvgIpc) is 2.20. The molecule has 0 aliphatic heterocycles. The first-order valence-corrected chi connectivity index (χ1v) is 8.10. The second-order valence-corrected chi connectivity index (χ2v) is 8.25. The summed E-state index contributed by atoms with van der Waals surface area (Å²) in [7, 11) is -1.35. The van der Waals surface area contributed by atoms with Crippen LogP contribution in [0.15, 0.2) is 12.3 Å². The molecular weight excluding hydrogens is 176 g/mol. The van der Waals surface area contributed by atoms with Gasteiger partial charge in [0.25, 0.3) is 0 Å². The molecule has 0 heterocycles. The van der Waals surface area contributed by atoms with Crippen molar-refractivity contribution in [1.29, 1.82) is 0 Å². The molecule has 0 aromatic rings. The van der Waals surface area contributed by atoms with E-state index in [9.17, 15) is 0 Å². The Labute approximate surface area is 84.3 Å². The van der Waals surface area contributed by atoms with E-state index < -0.39 is 8.32 Å². The summed E-state index contributed by atoms with van der Waals surface area (Å²) in [5.74, 6) is 0. The SMILES string of the molecule is CCC/C=C\O[Si](CC)(CC)CC. The Balaban J connectivity index is 3.94. The molecule has 0 saturated carbocycles. The third-order valence-corrected chi connectivity index (χ3v) is 7.30. The topological polar surface area (TPSA) is 9.23 Å². The van der Waals surface area contributed by atoms with Gasteiger partial charge in [-0.15, -0.1) is 0 Å². The summed E-state index contributed by atoms with van der Waals surface area (Å²) in [4.78, 5) is 0. The Morgan fingerprint density at radius 3 is 1.92 bits per heavy atom. The summed E-state index contributed by atoms with van der Waals surface area (Å²) >= 11 is 0. The predicted molar refractivity (Wildman–Crippen MR) is 62.3 cm³/mol. The lowest BCUT2D eigenvalue weighted by Gasteiger charge is -2.26. The minimum atomic E-state index is -1.35. The first kappa shape index (κ1) is 12.8. The predicted octanol–water partition coefficient (Wildman–Crippen LogP) is 4.32. The van der Waals surface area contributed by atoms with E-state index in [0.717, 1.165) is 6.42 Å². The fourth-order valence-electron chi connectivity index (χ4n) is 1.43. The van der Waals surface area contributed by atoms with Crippen molar-refractivity contribution in [3.8, 4) is 0 Å². The number of hydrogen-bond donors (Lipinski definition) is 0. The lowest BCUT2D eigenvalue weighted by atomic mass is 10.3. The fourth-order valence-corrected chi connectivity index (χ4v) is 3.81. The van der Waals surface area contributed by atoms with Crippen molar-refractivity contribution in [2.45, 2.75) is 58.7 Å². The van der Waals surface area contributed by atoms with E-state index in [1.807, 2.05) is 6.26 Å². The Kier molecular flexibility index (Phi) is 7.05. The van der Waals surface area contributed by atoms with E-state index in [0.29, 0.717) is 0 Å². The van der Waals surface area contributed by atoms with Gasteiger partial charge in [-0.1, -0.05) is 40.2 Å². The number of unbranched alkanes of at least 4 members (excludes halogenated alkanes) is 1. The van der Waals surface area contributed by atoms with Gasteiger partial charge in [0.05, 0.1) is 6.26 Å². The maximum atomic E-state index is 5.94. The molecule has 0 amide bonds. The van der Waals surface area contributed by atoms with Crippen molar-refractivity contribution < 1.29 is 4.43 Å². The highest BCUT2D eigenvalue weighted by molar-refractivity contribution is 6.73. The highest BCUT2D eigenvalue weighted by atomic mass is 28.4. The smallest absolute Gasteiger partial charge is 0.249 e. The molecule has 78 valence electrons. The quantitative estimate of drug-likeness (QED) is 0.439. The van der Waals surface area contributed by atoms with Gasteiger partial charge in [0.2, 0.25) is 8.32 Å². The average molecular weight is 200 g/mol. The second-order valence-electron chi connectivity index (χ2n) is 3.52. The maximum Gasteiger partial charge on any atom is 0.249 e. The van der Waals surface area contributed by atoms with Gasteiger partial charge < -0.3 is 4.43 Å². The molecule has 0 aromatic heterocycles. The number of rotatable bonds is 7. The van der Waals surface area contributed by atoms with Crippen LogP contribution in [0, 0.1) is 0 Å². The largest absolute Gasteiger partial charge is 0.549 e. The zero-order valence-corrected chi connectivity index (χ0v) is 10.6. The van der Waals surface area contributed by atoms with E-state index in [4.69, 9.17) is 4.43 Å². The lowest BCUT2D eigenvalue weighted by molar-refractivity contribution is 0.455. The molecule has 0 spiro atoms. The van der Waals surface area contributed by atoms with Crippen LogP contribution >= 0.6 is 0 Å². The van der Waals surface area contributed by atoms with Gasteiger partial charge in [-0.05, 0) is 24.6 Å². The molecule has 1 nitrogen and oxygen atoms in total. The van der Waals surface area contributed by atoms with Gasteiger partial charge in [0.15, 0.2) is 0 Å². The van der Waals surface area contributed by atoms with Crippen molar-refractivity contribution in [3.05, 3.63) is 12.3 Å². The van der Waals surface area contributed by atoms with E-state index in [-0.39, 0.29) is 0 Å². The minimum absolute atomic E-state index is 1.14. The van der Waals surface area contributed by atoms with Gasteiger partial charge >= 0.3 is 0 Å². The third kappa shape index (κ3) is 4.51. The van der Waals surface area contributed by atoms with E-state index in [2.05, 4.69) is 33.8 Å². The zero-order chi connectivity index (χ0) is 10.2. The summed E-state index contributed by atoms with van der Waals surface area (Å²) < 4.78 is 5.94. The van der Waals surface area contributed by atoms with Gasteiger partial charge in [0.1, 0.15) is 0 Å². The van der Waals surface area contributed by atoms with Crippen LogP contribution in [0.4, 0.5) is 0 Å². The van der Waals surface area contributed by atoms with E-state index in [1.165, 1.54) is 24.6 Å². The summed E-state index contributed by atoms with van der Waals surface area (Å²) in [6.07, 6.45) is 6.45. The molecule has 0 radical (unpaired) electrons. The molecule has 0 N–H and O–H groups in total. The van der Waals surface area contributed by atoms with Crippen LogP contribution in [0.25, 0.3) is 0 Å². The minimum Gasteiger partial charge on any atom is -0.549 e. The Hall–Kier alpha value is -0.243. The summed E-state index contributed by atoms with van der Waals surface area (Å²) in [6, 6.07) is 3.70. The van der Waals surface area contributed by atoms with Crippen molar-refractivity contribution >= 4 is 8.32 Å². The summed E-state index contributed by atoms with van der Waals surface area (Å²) in [5.41, 5.74) is 0. The third-order valence-electron chi connectivity index (χ3n) is 2.80. The van der Waals surface area contributed by atoms with Gasteiger partial charge in [-0.3, -0.25) is 0 Å². The van der Waals surface area contributed by atoms with Crippen LogP contribution in [0.1, 0.15) is 40.5 Å². The molecule has 0 rings (SSSR count). The molecule has 2 heteroatoms. The highest BCUT2D eigenvalue weighted by Gasteiger charge is 2.28. The van der Waals surface area contributed by atoms with Crippen LogP contribution in [0.5, 0.6) is 0 Å². The van der Waals surface area contributed by atoms with Crippen molar-refractivity contribution in [2.75, 3.05) is 0 Å². The van der Waals surface area contributed by atoms with Crippen LogP contribution < -0.4 is 0 Å². The monoisotopic (exact) mass is 200 g/mol. The molecule has 0 fully saturated rings. The first-order valence-electron chi connectivity index (χ1n) is 5.57. The lowest BCUT2D eigenvalue weighted by Crippen LogP contribution is -2.33. The van der Waals surface area contributed by atoms with Crippen molar-refractivity contribution in [1.82, 2.24) is 0 Å². The summed E-state index contributed by atoms with van der Waals surface area (Å²) in [6.45, 7) is 8.96. The van der Waals surface area contributed by atoms with Gasteiger partial charge in [-0.2, -0.15) is 0 Å². The molecule has 0 saturated heterocycles. The molecule has 0 atom stereocenters. The zero-order valence-electron chi connectivity index (χ0n) is 9.60. The fraction of sp³-hybridized carbons (Fsp3) is 0.818. The van der Waals surface area contributed by atoms with Crippen molar-refractivity contribution in [2.24, 2.45) is 0 Å². The van der Waals surface area contributed by atoms with Crippen LogP contribution in [-0.4, -0.2) is 8.32 Å². The molecule has 0 bridgehead atoms. The highest BCUT2D eigenvalue weighted by Crippen LogP contribution is 2.21. The Morgan fingerprint density at radius 1 is 1.00 bits per heavy atom. The Bertz CT molecular complexity index is 131. The van der Waals surface area contributed by atoms with Crippen LogP contribution in [0.2, 0.25) is 18.1 Å². The molecule has 0 aliphatic rings. The summed E-state index contributed by atoms with van der Waals surface area (Å²) in [5, 5.41) is 0. The van der Waals surface area contributed by atoms with Crippen LogP contribution in [-0.2, 0) is 4.43 Å². The normalized spacial score (nSPS) is 12.3. The molecular formula is C11H24OSi. The van der Waals surface area contributed by atoms with Gasteiger partial charge in [-0.25, -0.2) is 0 Å². The Morgan fingerprint density at radius 2 is 1.54 bits per heavy atom. The van der Waals surface area contributed by atoms with Crippen molar-refractivity contribution in [3.63, 3.8) is 0 Å². The second kappa shape index (κ2) is 7.19. The molecule has 0 unspecified atom stereocenters. The number of hydrogen-bond acceptors (Lipinski definition) is 1. The van der Waals surface area contributed by atoms with Gasteiger partial charge in [0, 0.05) is 0 Å². The number of allylic oxidation sites excluding steroid dienone is 1. The first-order chi connectivity index (χ1) is 6.24. The molecule has 13 heavy (non-hydrogen) atoms. The standard InChI is InChI=1S/C11H24OSi/c1-5-9-10-11-12-13(6-2,7-3)8-4/h10-11H,5-9H2,1-4H3/b11-10-. The molecule has 0 aliphatic carbocycles. The maximum absolute atomic E-state index is 5.94. The van der Waals surface area contributed by atoms with E-state index >= 15 is 0 Å². The molecule has 0 aromatic carbocycles.